The quantitative estimate of drug-likeness (QED) is 0.908. The third kappa shape index (κ3) is 4.12. The molecule has 0 spiro atoms. The highest BCUT2D eigenvalue weighted by Gasteiger charge is 2.30. The molecule has 3 rings (SSSR count). The molecule has 2 fully saturated rings. The zero-order chi connectivity index (χ0) is 16.1. The van der Waals surface area contributed by atoms with Gasteiger partial charge < -0.3 is 10.1 Å². The fourth-order valence-corrected chi connectivity index (χ4v) is 3.83. The van der Waals surface area contributed by atoms with Crippen molar-refractivity contribution in [1.29, 1.82) is 0 Å². The lowest BCUT2D eigenvalue weighted by Crippen LogP contribution is -2.50. The molecule has 1 aliphatic heterocycles. The van der Waals surface area contributed by atoms with Crippen LogP contribution in [0.5, 0.6) is 0 Å². The maximum absolute atomic E-state index is 12.8. The SMILES string of the molecule is CC(C(=O)NC(c1ccccc1)C1CCCC1)N1CCOCC1. The molecular formula is C19H28N2O2. The molecule has 2 atom stereocenters. The van der Waals surface area contributed by atoms with Gasteiger partial charge in [-0.25, -0.2) is 0 Å². The number of nitrogens with one attached hydrogen (secondary N) is 1. The van der Waals surface area contributed by atoms with Crippen molar-refractivity contribution in [3.05, 3.63) is 35.9 Å². The van der Waals surface area contributed by atoms with Crippen molar-refractivity contribution in [1.82, 2.24) is 10.2 Å². The molecule has 126 valence electrons. The van der Waals surface area contributed by atoms with Gasteiger partial charge in [-0.2, -0.15) is 0 Å². The van der Waals surface area contributed by atoms with Crippen molar-refractivity contribution in [3.63, 3.8) is 0 Å². The predicted molar refractivity (Wildman–Crippen MR) is 91.1 cm³/mol. The Morgan fingerprint density at radius 2 is 1.83 bits per heavy atom. The number of amides is 1. The lowest BCUT2D eigenvalue weighted by atomic mass is 9.91. The van der Waals surface area contributed by atoms with Crippen LogP contribution in [0.2, 0.25) is 0 Å². The van der Waals surface area contributed by atoms with Crippen LogP contribution in [0.3, 0.4) is 0 Å². The maximum Gasteiger partial charge on any atom is 0.237 e. The summed E-state index contributed by atoms with van der Waals surface area (Å²) in [5.41, 5.74) is 1.24. The number of hydrogen-bond acceptors (Lipinski definition) is 3. The van der Waals surface area contributed by atoms with Crippen LogP contribution in [0.1, 0.15) is 44.2 Å². The van der Waals surface area contributed by atoms with Gasteiger partial charge in [0.05, 0.1) is 25.3 Å². The summed E-state index contributed by atoms with van der Waals surface area (Å²) in [6.07, 6.45) is 4.99. The van der Waals surface area contributed by atoms with E-state index in [0.717, 1.165) is 26.3 Å². The zero-order valence-electron chi connectivity index (χ0n) is 14.0. The van der Waals surface area contributed by atoms with E-state index < -0.39 is 0 Å². The van der Waals surface area contributed by atoms with Crippen molar-refractivity contribution < 1.29 is 9.53 Å². The molecule has 1 saturated heterocycles. The molecule has 1 aromatic carbocycles. The van der Waals surface area contributed by atoms with Crippen molar-refractivity contribution in [2.75, 3.05) is 26.3 Å². The van der Waals surface area contributed by atoms with Gasteiger partial charge in [0.1, 0.15) is 0 Å². The summed E-state index contributed by atoms with van der Waals surface area (Å²) in [5, 5.41) is 3.35. The van der Waals surface area contributed by atoms with E-state index in [9.17, 15) is 4.79 Å². The van der Waals surface area contributed by atoms with Crippen LogP contribution in [0.15, 0.2) is 30.3 Å². The molecule has 0 bridgehead atoms. The van der Waals surface area contributed by atoms with Crippen molar-refractivity contribution in [3.8, 4) is 0 Å². The summed E-state index contributed by atoms with van der Waals surface area (Å²) in [7, 11) is 0. The molecule has 1 N–H and O–H groups in total. The van der Waals surface area contributed by atoms with E-state index >= 15 is 0 Å². The Balaban J connectivity index is 1.68. The number of carbonyl (C=O) groups is 1. The molecule has 0 aromatic heterocycles. The first-order valence-electron chi connectivity index (χ1n) is 8.93. The highest BCUT2D eigenvalue weighted by molar-refractivity contribution is 5.81. The average Bonchev–Trinajstić information content (AvgIpc) is 3.14. The van der Waals surface area contributed by atoms with Gasteiger partial charge in [-0.1, -0.05) is 43.2 Å². The van der Waals surface area contributed by atoms with E-state index in [0.29, 0.717) is 5.92 Å². The lowest BCUT2D eigenvalue weighted by Gasteiger charge is -2.33. The molecule has 1 saturated carbocycles. The second-order valence-electron chi connectivity index (χ2n) is 6.77. The van der Waals surface area contributed by atoms with Crippen molar-refractivity contribution in [2.45, 2.75) is 44.7 Å². The second kappa shape index (κ2) is 7.93. The van der Waals surface area contributed by atoms with Gasteiger partial charge in [-0.05, 0) is 31.2 Å². The Kier molecular flexibility index (Phi) is 5.68. The number of ether oxygens (including phenoxy) is 1. The predicted octanol–water partition coefficient (Wildman–Crippen LogP) is 2.75. The Morgan fingerprint density at radius 3 is 2.48 bits per heavy atom. The number of morpholine rings is 1. The molecule has 2 aliphatic rings. The molecule has 4 heteroatoms. The Bertz CT molecular complexity index is 493. The fourth-order valence-electron chi connectivity index (χ4n) is 3.83. The van der Waals surface area contributed by atoms with Crippen LogP contribution in [0.4, 0.5) is 0 Å². The van der Waals surface area contributed by atoms with E-state index in [-0.39, 0.29) is 18.0 Å². The van der Waals surface area contributed by atoms with E-state index in [1.54, 1.807) is 0 Å². The van der Waals surface area contributed by atoms with E-state index in [2.05, 4.69) is 34.5 Å². The van der Waals surface area contributed by atoms with Gasteiger partial charge >= 0.3 is 0 Å². The molecule has 1 aliphatic carbocycles. The summed E-state index contributed by atoms with van der Waals surface area (Å²) in [6.45, 7) is 5.14. The minimum Gasteiger partial charge on any atom is -0.379 e. The Morgan fingerprint density at radius 1 is 1.17 bits per heavy atom. The summed E-state index contributed by atoms with van der Waals surface area (Å²) in [5.74, 6) is 0.714. The maximum atomic E-state index is 12.8. The molecule has 1 heterocycles. The average molecular weight is 316 g/mol. The van der Waals surface area contributed by atoms with E-state index in [1.165, 1.54) is 31.2 Å². The first-order chi connectivity index (χ1) is 11.3. The summed E-state index contributed by atoms with van der Waals surface area (Å²) >= 11 is 0. The monoisotopic (exact) mass is 316 g/mol. The third-order valence-corrected chi connectivity index (χ3v) is 5.30. The van der Waals surface area contributed by atoms with E-state index in [4.69, 9.17) is 4.74 Å². The number of carbonyl (C=O) groups excluding carboxylic acids is 1. The molecule has 1 aromatic rings. The number of nitrogens with zero attached hydrogens (tertiary/aromatic N) is 1. The number of rotatable bonds is 5. The van der Waals surface area contributed by atoms with Crippen LogP contribution in [-0.4, -0.2) is 43.2 Å². The first-order valence-corrected chi connectivity index (χ1v) is 8.93. The van der Waals surface area contributed by atoms with Crippen LogP contribution >= 0.6 is 0 Å². The van der Waals surface area contributed by atoms with E-state index in [1.807, 2.05) is 13.0 Å². The van der Waals surface area contributed by atoms with Gasteiger partial charge in [0.2, 0.25) is 5.91 Å². The highest BCUT2D eigenvalue weighted by atomic mass is 16.5. The Labute approximate surface area is 139 Å². The summed E-state index contributed by atoms with van der Waals surface area (Å²) in [4.78, 5) is 15.0. The molecule has 2 unspecified atom stereocenters. The normalized spacial score (nSPS) is 22.7. The summed E-state index contributed by atoms with van der Waals surface area (Å²) < 4.78 is 5.39. The molecule has 1 amide bonds. The largest absolute Gasteiger partial charge is 0.379 e. The van der Waals surface area contributed by atoms with Crippen LogP contribution in [0, 0.1) is 5.92 Å². The number of hydrogen-bond donors (Lipinski definition) is 1. The fraction of sp³-hybridized carbons (Fsp3) is 0.632. The molecule has 4 nitrogen and oxygen atoms in total. The molecular weight excluding hydrogens is 288 g/mol. The molecule has 23 heavy (non-hydrogen) atoms. The van der Waals surface area contributed by atoms with Gasteiger partial charge in [-0.3, -0.25) is 9.69 Å². The van der Waals surface area contributed by atoms with Crippen LogP contribution in [0.25, 0.3) is 0 Å². The second-order valence-corrected chi connectivity index (χ2v) is 6.77. The van der Waals surface area contributed by atoms with Crippen molar-refractivity contribution >= 4 is 5.91 Å². The zero-order valence-corrected chi connectivity index (χ0v) is 14.0. The smallest absolute Gasteiger partial charge is 0.237 e. The highest BCUT2D eigenvalue weighted by Crippen LogP contribution is 2.35. The summed E-state index contributed by atoms with van der Waals surface area (Å²) in [6, 6.07) is 10.5. The third-order valence-electron chi connectivity index (χ3n) is 5.30. The number of benzene rings is 1. The van der Waals surface area contributed by atoms with Gasteiger partial charge in [0.25, 0.3) is 0 Å². The Hall–Kier alpha value is -1.39. The van der Waals surface area contributed by atoms with Gasteiger partial charge in [0, 0.05) is 13.1 Å². The lowest BCUT2D eigenvalue weighted by molar-refractivity contribution is -0.128. The van der Waals surface area contributed by atoms with Crippen LogP contribution < -0.4 is 5.32 Å². The topological polar surface area (TPSA) is 41.6 Å². The van der Waals surface area contributed by atoms with Gasteiger partial charge in [0.15, 0.2) is 0 Å². The van der Waals surface area contributed by atoms with Crippen LogP contribution in [-0.2, 0) is 9.53 Å². The van der Waals surface area contributed by atoms with Crippen molar-refractivity contribution in [2.24, 2.45) is 5.92 Å². The first kappa shape index (κ1) is 16.5. The minimum absolute atomic E-state index is 0.0912. The molecule has 0 radical (unpaired) electrons. The minimum atomic E-state index is -0.0912. The van der Waals surface area contributed by atoms with Gasteiger partial charge in [-0.15, -0.1) is 0 Å². The standard InChI is InChI=1S/C19H28N2O2/c1-15(21-11-13-23-14-12-21)19(22)20-18(17-9-5-6-10-17)16-7-3-2-4-8-16/h2-4,7-8,15,17-18H,5-6,9-14H2,1H3,(H,20,22).